The van der Waals surface area contributed by atoms with Gasteiger partial charge in [-0.25, -0.2) is 4.98 Å². The molecule has 1 saturated carbocycles. The molecule has 1 N–H and O–H groups in total. The number of fused-ring (bicyclic) bond motifs is 3. The number of thiophene rings is 1. The van der Waals surface area contributed by atoms with Gasteiger partial charge in [-0.1, -0.05) is 11.6 Å². The molecule has 1 aliphatic carbocycles. The third-order valence-corrected chi connectivity index (χ3v) is 6.27. The van der Waals surface area contributed by atoms with Crippen molar-refractivity contribution in [2.75, 3.05) is 0 Å². The molecule has 1 atom stereocenters. The molecule has 110 valence electrons. The van der Waals surface area contributed by atoms with Gasteiger partial charge in [0.1, 0.15) is 10.7 Å². The number of nitrogens with one attached hydrogen (secondary N) is 1. The van der Waals surface area contributed by atoms with Gasteiger partial charge in [0, 0.05) is 17.0 Å². The Morgan fingerprint density at radius 2 is 2.10 bits per heavy atom. The first-order valence-corrected chi connectivity index (χ1v) is 8.65. The van der Waals surface area contributed by atoms with Crippen LogP contribution in [0.3, 0.4) is 0 Å². The minimum Gasteiger partial charge on any atom is -0.366 e. The normalized spacial score (nSPS) is 18.8. The number of hydrogen-bond acceptors (Lipinski definition) is 4. The topological polar surface area (TPSA) is 37.3 Å². The molecule has 0 bridgehead atoms. The van der Waals surface area contributed by atoms with Gasteiger partial charge in [-0.3, -0.25) is 4.99 Å². The number of aromatic nitrogens is 1. The maximum Gasteiger partial charge on any atom is 0.139 e. The monoisotopic (exact) mass is 319 g/mol. The molecule has 21 heavy (non-hydrogen) atoms. The van der Waals surface area contributed by atoms with Crippen LogP contribution in [0.2, 0.25) is 5.02 Å². The van der Waals surface area contributed by atoms with Crippen LogP contribution in [-0.4, -0.2) is 16.9 Å². The summed E-state index contributed by atoms with van der Waals surface area (Å²) in [6, 6.07) is 0.513. The molecule has 0 radical (unpaired) electrons. The van der Waals surface area contributed by atoms with E-state index in [1.54, 1.807) is 11.3 Å². The molecule has 0 saturated heterocycles. The molecule has 2 aliphatic rings. The van der Waals surface area contributed by atoms with Crippen molar-refractivity contribution in [2.45, 2.75) is 46.2 Å². The molecular weight excluding hydrogens is 302 g/mol. The third kappa shape index (κ3) is 2.08. The van der Waals surface area contributed by atoms with Crippen molar-refractivity contribution >= 4 is 39.0 Å². The van der Waals surface area contributed by atoms with Gasteiger partial charge in [0.25, 0.3) is 0 Å². The minimum absolute atomic E-state index is 0.513. The standard InChI is InChI=1S/C16H18ClN3S/c1-7-12-11-6-18-15(19-8(2)10-4-5-10)14(11)21-16(12)20-9(3)13(7)17/h8,10H,4-6H2,1-3H3,(H,18,19). The smallest absolute Gasteiger partial charge is 0.139 e. The zero-order valence-electron chi connectivity index (χ0n) is 12.5. The van der Waals surface area contributed by atoms with Crippen LogP contribution >= 0.6 is 22.9 Å². The molecule has 3 heterocycles. The summed E-state index contributed by atoms with van der Waals surface area (Å²) in [6.07, 6.45) is 2.69. The van der Waals surface area contributed by atoms with E-state index in [1.807, 2.05) is 6.92 Å². The van der Waals surface area contributed by atoms with Crippen LogP contribution in [-0.2, 0) is 6.54 Å². The quantitative estimate of drug-likeness (QED) is 0.900. The van der Waals surface area contributed by atoms with Crippen LogP contribution in [0.5, 0.6) is 0 Å². The predicted octanol–water partition coefficient (Wildman–Crippen LogP) is 4.21. The fourth-order valence-electron chi connectivity index (χ4n) is 3.11. The van der Waals surface area contributed by atoms with Crippen LogP contribution < -0.4 is 5.32 Å². The lowest BCUT2D eigenvalue weighted by Gasteiger charge is -2.13. The second-order valence-corrected chi connectivity index (χ2v) is 7.54. The Balaban J connectivity index is 1.77. The summed E-state index contributed by atoms with van der Waals surface area (Å²) in [5.74, 6) is 1.88. The summed E-state index contributed by atoms with van der Waals surface area (Å²) in [5.41, 5.74) is 3.36. The SMILES string of the molecule is Cc1nc2sc3c(c2c(C)c1Cl)CN=C3NC(C)C1CC1. The average molecular weight is 320 g/mol. The lowest BCUT2D eigenvalue weighted by molar-refractivity contribution is 0.588. The van der Waals surface area contributed by atoms with Crippen molar-refractivity contribution in [3.05, 3.63) is 26.7 Å². The van der Waals surface area contributed by atoms with Gasteiger partial charge in [0.2, 0.25) is 0 Å². The maximum atomic E-state index is 6.37. The fraction of sp³-hybridized carbons (Fsp3) is 0.500. The number of aryl methyl sites for hydroxylation is 2. The summed E-state index contributed by atoms with van der Waals surface area (Å²) in [7, 11) is 0. The Hall–Kier alpha value is -1.13. The zero-order chi connectivity index (χ0) is 14.7. The molecule has 2 aromatic heterocycles. The lowest BCUT2D eigenvalue weighted by atomic mass is 10.1. The highest BCUT2D eigenvalue weighted by Gasteiger charge is 2.31. The van der Waals surface area contributed by atoms with E-state index in [4.69, 9.17) is 16.6 Å². The molecule has 0 aromatic carbocycles. The molecule has 3 nitrogen and oxygen atoms in total. The number of hydrogen-bond donors (Lipinski definition) is 1. The summed E-state index contributed by atoms with van der Waals surface area (Å²) >= 11 is 8.12. The van der Waals surface area contributed by atoms with Crippen molar-refractivity contribution < 1.29 is 0 Å². The highest BCUT2D eigenvalue weighted by Crippen LogP contribution is 2.39. The fourth-order valence-corrected chi connectivity index (χ4v) is 4.51. The van der Waals surface area contributed by atoms with E-state index in [0.717, 1.165) is 39.4 Å². The van der Waals surface area contributed by atoms with Gasteiger partial charge >= 0.3 is 0 Å². The Bertz CT molecular complexity index is 774. The molecule has 1 aliphatic heterocycles. The lowest BCUT2D eigenvalue weighted by Crippen LogP contribution is -2.33. The van der Waals surface area contributed by atoms with Gasteiger partial charge in [-0.2, -0.15) is 0 Å². The average Bonchev–Trinajstić information content (AvgIpc) is 3.15. The molecule has 0 spiro atoms. The number of nitrogens with zero attached hydrogens (tertiary/aromatic N) is 2. The van der Waals surface area contributed by atoms with Crippen LogP contribution in [0, 0.1) is 19.8 Å². The highest BCUT2D eigenvalue weighted by atomic mass is 35.5. The van der Waals surface area contributed by atoms with Gasteiger partial charge in [0.15, 0.2) is 0 Å². The Morgan fingerprint density at radius 3 is 2.81 bits per heavy atom. The first-order chi connectivity index (χ1) is 10.1. The van der Waals surface area contributed by atoms with E-state index < -0.39 is 0 Å². The molecule has 1 unspecified atom stereocenters. The minimum atomic E-state index is 0.513. The van der Waals surface area contributed by atoms with E-state index in [-0.39, 0.29) is 0 Å². The number of amidine groups is 1. The van der Waals surface area contributed by atoms with Crippen molar-refractivity contribution in [3.63, 3.8) is 0 Å². The van der Waals surface area contributed by atoms with Crippen LogP contribution in [0.25, 0.3) is 10.2 Å². The van der Waals surface area contributed by atoms with Crippen molar-refractivity contribution in [1.82, 2.24) is 10.3 Å². The van der Waals surface area contributed by atoms with Crippen LogP contribution in [0.4, 0.5) is 0 Å². The van der Waals surface area contributed by atoms with Crippen molar-refractivity contribution in [3.8, 4) is 0 Å². The summed E-state index contributed by atoms with van der Waals surface area (Å²) < 4.78 is 0. The second kappa shape index (κ2) is 4.68. The van der Waals surface area contributed by atoms with E-state index in [9.17, 15) is 0 Å². The molecule has 4 rings (SSSR count). The molecule has 1 fully saturated rings. The number of pyridine rings is 1. The largest absolute Gasteiger partial charge is 0.366 e. The number of halogens is 1. The predicted molar refractivity (Wildman–Crippen MR) is 89.7 cm³/mol. The van der Waals surface area contributed by atoms with Crippen molar-refractivity contribution in [2.24, 2.45) is 10.9 Å². The van der Waals surface area contributed by atoms with E-state index >= 15 is 0 Å². The second-order valence-electron chi connectivity index (χ2n) is 6.16. The van der Waals surface area contributed by atoms with Gasteiger partial charge < -0.3 is 5.32 Å². The summed E-state index contributed by atoms with van der Waals surface area (Å²) in [6.45, 7) is 7.07. The van der Waals surface area contributed by atoms with Gasteiger partial charge in [0.05, 0.1) is 22.1 Å². The maximum absolute atomic E-state index is 6.37. The van der Waals surface area contributed by atoms with Crippen LogP contribution in [0.1, 0.15) is 41.5 Å². The van der Waals surface area contributed by atoms with Crippen molar-refractivity contribution in [1.29, 1.82) is 0 Å². The summed E-state index contributed by atoms with van der Waals surface area (Å²) in [5, 5.41) is 5.61. The number of rotatable bonds is 2. The highest BCUT2D eigenvalue weighted by molar-refractivity contribution is 7.20. The van der Waals surface area contributed by atoms with E-state index in [1.165, 1.54) is 28.7 Å². The summed E-state index contributed by atoms with van der Waals surface area (Å²) in [4.78, 5) is 11.7. The first-order valence-electron chi connectivity index (χ1n) is 7.45. The van der Waals surface area contributed by atoms with Gasteiger partial charge in [-0.05, 0) is 45.1 Å². The Morgan fingerprint density at radius 1 is 1.33 bits per heavy atom. The number of aliphatic imine (C=N–C) groups is 1. The van der Waals surface area contributed by atoms with E-state index in [2.05, 4.69) is 24.1 Å². The molecule has 5 heteroatoms. The zero-order valence-corrected chi connectivity index (χ0v) is 14.0. The molecule has 0 amide bonds. The first kappa shape index (κ1) is 13.5. The van der Waals surface area contributed by atoms with Gasteiger partial charge in [-0.15, -0.1) is 11.3 Å². The molecule has 2 aromatic rings. The Kier molecular flexibility index (Phi) is 3.02. The van der Waals surface area contributed by atoms with E-state index in [0.29, 0.717) is 6.04 Å². The third-order valence-electron chi connectivity index (χ3n) is 4.58. The van der Waals surface area contributed by atoms with Crippen LogP contribution in [0.15, 0.2) is 4.99 Å². The Labute approximate surface area is 133 Å². The molecular formula is C16H18ClN3S.